The van der Waals surface area contributed by atoms with E-state index in [-0.39, 0.29) is 19.5 Å². The molecule has 0 spiro atoms. The monoisotopic (exact) mass is 1260 g/mol. The van der Waals surface area contributed by atoms with E-state index in [1.807, 2.05) is 0 Å². The van der Waals surface area contributed by atoms with Gasteiger partial charge in [0.15, 0.2) is 0 Å². The van der Waals surface area contributed by atoms with Crippen molar-refractivity contribution in [3.63, 3.8) is 0 Å². The fourth-order valence-electron chi connectivity index (χ4n) is 12.4. The van der Waals surface area contributed by atoms with Gasteiger partial charge in [0, 0.05) is 12.1 Å². The number of nitrogens with zero attached hydrogens (tertiary/aromatic N) is 4. The zero-order valence-electron chi connectivity index (χ0n) is 56.5. The molecule has 2 aromatic carbocycles. The SMILES string of the molecule is CCCCCCCCCCCCOc1cc(OCCCCCCCCCCCC)cc(-c2c3nc(cc4ccc([n-]4)c(-c4cc(OCCCCCCCCCCCC)cc(OCCCCCCCCCCCC)c4)c4nc(cc5ccc2[n-]5)C=C4)C=C3)c1.[Zn+2]. The average Bonchev–Trinajstić information content (AvgIpc) is 3.94. The topological polar surface area (TPSA) is 90.9 Å². The van der Waals surface area contributed by atoms with Crippen LogP contribution in [0.5, 0.6) is 23.0 Å². The summed E-state index contributed by atoms with van der Waals surface area (Å²) in [6.07, 6.45) is 59.9. The summed E-state index contributed by atoms with van der Waals surface area (Å²) in [7, 11) is 0. The van der Waals surface area contributed by atoms with Crippen LogP contribution in [0.15, 0.2) is 72.8 Å². The smallest absolute Gasteiger partial charge is 0.657 e. The Labute approximate surface area is 553 Å². The predicted octanol–water partition coefficient (Wildman–Crippen LogP) is 24.4. The van der Waals surface area contributed by atoms with Gasteiger partial charge in [-0.2, -0.15) is 0 Å². The quantitative estimate of drug-likeness (QED) is 0.0275. The number of ether oxygens (including phenoxy) is 4. The molecule has 3 aromatic heterocycles. The average molecular weight is 1260 g/mol. The van der Waals surface area contributed by atoms with Crippen LogP contribution in [-0.2, 0) is 19.5 Å². The molecule has 482 valence electrons. The van der Waals surface area contributed by atoms with Crippen molar-refractivity contribution >= 4 is 46.4 Å². The van der Waals surface area contributed by atoms with Crippen LogP contribution in [0.2, 0.25) is 0 Å². The van der Waals surface area contributed by atoms with Gasteiger partial charge in [-0.05, 0) is 96.5 Å². The Bertz CT molecular complexity index is 2650. The molecule has 0 amide bonds. The second kappa shape index (κ2) is 45.2. The molecule has 5 aromatic rings. The Kier molecular flexibility index (Phi) is 37.0. The van der Waals surface area contributed by atoms with Crippen LogP contribution >= 0.6 is 0 Å². The number of hydrogen-bond acceptors (Lipinski definition) is 6. The van der Waals surface area contributed by atoms with Crippen LogP contribution in [0.25, 0.3) is 68.6 Å². The minimum atomic E-state index is 0. The number of unbranched alkanes of at least 4 members (excludes halogenated alkanes) is 36. The zero-order valence-corrected chi connectivity index (χ0v) is 59.4. The first-order valence-corrected chi connectivity index (χ1v) is 36.4. The van der Waals surface area contributed by atoms with Gasteiger partial charge in [-0.15, -0.1) is 22.1 Å². The standard InChI is InChI=1S/C80H116N4O4.Zn/c1-5-9-13-17-21-25-29-33-37-41-53-85-71-57-65(58-72(63-71)86-54-42-38-34-30-26-22-18-14-10-6-2)79-75-49-45-67(81-75)61-69-47-51-77(83-69)80(78-52-48-70(84-78)62-68-46-50-76(79)82-68)66-59-73(87-55-43-39-35-31-27-23-19-15-11-7-3)64-74(60-66)88-56-44-40-36-32-28-24-20-16-12-8-4;/h45-52,57-64H,5-44,53-56H2,1-4H3;/q-2;+2. The molecule has 0 N–H and O–H groups in total. The molecule has 0 unspecified atom stereocenters. The van der Waals surface area contributed by atoms with Crippen LogP contribution in [0.4, 0.5) is 0 Å². The number of rotatable bonds is 50. The Balaban J connectivity index is 0.0000126. The fourth-order valence-corrected chi connectivity index (χ4v) is 12.4. The van der Waals surface area contributed by atoms with Crippen LogP contribution in [0, 0.1) is 0 Å². The van der Waals surface area contributed by atoms with E-state index in [1.54, 1.807) is 0 Å². The largest absolute Gasteiger partial charge is 2.00 e. The van der Waals surface area contributed by atoms with Gasteiger partial charge < -0.3 is 28.9 Å². The van der Waals surface area contributed by atoms with E-state index in [1.165, 1.54) is 231 Å². The fraction of sp³-hybridized carbons (Fsp3) is 0.600. The summed E-state index contributed by atoms with van der Waals surface area (Å²) in [6.45, 7) is 11.8. The van der Waals surface area contributed by atoms with Crippen molar-refractivity contribution in [1.29, 1.82) is 0 Å². The molecule has 7 rings (SSSR count). The molecule has 9 heteroatoms. The molecular formula is C80H116N4O4Zn. The zero-order chi connectivity index (χ0) is 61.3. The molecule has 8 nitrogen and oxygen atoms in total. The van der Waals surface area contributed by atoms with Crippen LogP contribution in [0.3, 0.4) is 0 Å². The van der Waals surface area contributed by atoms with Crippen molar-refractivity contribution in [2.45, 2.75) is 285 Å². The summed E-state index contributed by atoms with van der Waals surface area (Å²) in [4.78, 5) is 21.3. The molecular weight excluding hydrogens is 1150 g/mol. The Morgan fingerprint density at radius 1 is 0.281 bits per heavy atom. The second-order valence-corrected chi connectivity index (χ2v) is 25.6. The Hall–Kier alpha value is -5.14. The van der Waals surface area contributed by atoms with Crippen LogP contribution in [0.1, 0.15) is 307 Å². The molecule has 89 heavy (non-hydrogen) atoms. The molecule has 0 saturated heterocycles. The Morgan fingerprint density at radius 3 is 0.787 bits per heavy atom. The van der Waals surface area contributed by atoms with Gasteiger partial charge in [-0.1, -0.05) is 295 Å². The molecule has 8 bridgehead atoms. The van der Waals surface area contributed by atoms with Crippen molar-refractivity contribution in [2.24, 2.45) is 0 Å². The van der Waals surface area contributed by atoms with Crippen molar-refractivity contribution in [1.82, 2.24) is 19.9 Å². The van der Waals surface area contributed by atoms with Crippen molar-refractivity contribution in [3.8, 4) is 45.3 Å². The summed E-state index contributed by atoms with van der Waals surface area (Å²) in [5.41, 5.74) is 10.5. The summed E-state index contributed by atoms with van der Waals surface area (Å²) >= 11 is 0. The van der Waals surface area contributed by atoms with E-state index < -0.39 is 0 Å². The van der Waals surface area contributed by atoms with Gasteiger partial charge in [0.05, 0.1) is 49.2 Å². The van der Waals surface area contributed by atoms with Gasteiger partial charge >= 0.3 is 19.5 Å². The van der Waals surface area contributed by atoms with E-state index in [4.69, 9.17) is 38.9 Å². The van der Waals surface area contributed by atoms with Crippen LogP contribution in [-0.4, -0.2) is 36.4 Å². The molecule has 0 atom stereocenters. The summed E-state index contributed by atoms with van der Waals surface area (Å²) in [5.74, 6) is 3.26. The third-order valence-corrected chi connectivity index (χ3v) is 17.7. The Morgan fingerprint density at radius 2 is 0.528 bits per heavy atom. The van der Waals surface area contributed by atoms with Crippen molar-refractivity contribution in [3.05, 3.63) is 95.6 Å². The minimum absolute atomic E-state index is 0. The van der Waals surface area contributed by atoms with E-state index in [0.29, 0.717) is 26.4 Å². The maximum atomic E-state index is 6.63. The molecule has 2 aliphatic heterocycles. The van der Waals surface area contributed by atoms with Gasteiger partial charge in [-0.3, -0.25) is 0 Å². The van der Waals surface area contributed by atoms with Gasteiger partial charge in [-0.25, -0.2) is 9.97 Å². The maximum absolute atomic E-state index is 6.63. The first-order chi connectivity index (χ1) is 43.5. The van der Waals surface area contributed by atoms with E-state index in [0.717, 1.165) is 116 Å². The molecule has 5 heterocycles. The van der Waals surface area contributed by atoms with Crippen LogP contribution < -0.4 is 28.9 Å². The first-order valence-electron chi connectivity index (χ1n) is 36.4. The number of aromatic nitrogens is 4. The van der Waals surface area contributed by atoms with Gasteiger partial charge in [0.2, 0.25) is 0 Å². The molecule has 0 saturated carbocycles. The summed E-state index contributed by atoms with van der Waals surface area (Å²) < 4.78 is 26.5. The third kappa shape index (κ3) is 28.1. The molecule has 0 aliphatic carbocycles. The third-order valence-electron chi connectivity index (χ3n) is 17.7. The molecule has 0 radical (unpaired) electrons. The van der Waals surface area contributed by atoms with Gasteiger partial charge in [0.1, 0.15) is 23.0 Å². The van der Waals surface area contributed by atoms with E-state index in [9.17, 15) is 0 Å². The van der Waals surface area contributed by atoms with Crippen molar-refractivity contribution in [2.75, 3.05) is 26.4 Å². The predicted molar refractivity (Wildman–Crippen MR) is 377 cm³/mol. The van der Waals surface area contributed by atoms with Gasteiger partial charge in [0.25, 0.3) is 0 Å². The normalized spacial score (nSPS) is 11.8. The number of fused-ring (bicyclic) bond motifs is 8. The van der Waals surface area contributed by atoms with E-state index in [2.05, 4.69) is 125 Å². The number of hydrogen-bond donors (Lipinski definition) is 0. The van der Waals surface area contributed by atoms with Crippen molar-refractivity contribution < 1.29 is 38.4 Å². The summed E-state index contributed by atoms with van der Waals surface area (Å²) in [6, 6.07) is 25.4. The molecule has 0 fully saturated rings. The minimum Gasteiger partial charge on any atom is -0.657 e. The number of benzene rings is 2. The second-order valence-electron chi connectivity index (χ2n) is 25.6. The molecule has 2 aliphatic rings. The van der Waals surface area contributed by atoms with E-state index >= 15 is 0 Å². The summed E-state index contributed by atoms with van der Waals surface area (Å²) in [5, 5.41) is 0. The first kappa shape index (κ1) is 72.9. The maximum Gasteiger partial charge on any atom is 2.00 e.